The molecule has 2 aromatic rings. The van der Waals surface area contributed by atoms with E-state index in [0.717, 1.165) is 25.9 Å². The monoisotopic (exact) mass is 502 g/mol. The number of carboxylic acid groups (broad SMARTS) is 2. The van der Waals surface area contributed by atoms with Crippen LogP contribution in [-0.2, 0) is 14.8 Å². The normalized spacial score (nSPS) is 14.7. The molecule has 34 heavy (non-hydrogen) atoms. The van der Waals surface area contributed by atoms with Gasteiger partial charge < -0.3 is 15.1 Å². The number of nitrogens with zero attached hydrogens (tertiary/aromatic N) is 1. The highest BCUT2D eigenvalue weighted by Crippen LogP contribution is 2.29. The SMILES string of the molecule is Cc1ccccc1S(=O)(=O)Nc1ccc(N2CCC(C)CC2)c(C(=O)O)c1.O=C(O)C(F)(F)F. The summed E-state index contributed by atoms with van der Waals surface area (Å²) in [7, 11) is -3.79. The van der Waals surface area contributed by atoms with Crippen LogP contribution in [0.3, 0.4) is 0 Å². The molecule has 0 amide bonds. The highest BCUT2D eigenvalue weighted by molar-refractivity contribution is 7.92. The quantitative estimate of drug-likeness (QED) is 0.555. The van der Waals surface area contributed by atoms with Crippen LogP contribution in [-0.4, -0.2) is 49.8 Å². The first-order chi connectivity index (χ1) is 15.7. The molecule has 0 radical (unpaired) electrons. The first-order valence-electron chi connectivity index (χ1n) is 10.2. The molecule has 0 aliphatic carbocycles. The van der Waals surface area contributed by atoms with E-state index in [2.05, 4.69) is 16.5 Å². The lowest BCUT2D eigenvalue weighted by molar-refractivity contribution is -0.192. The number of carbonyl (C=O) groups is 2. The number of benzene rings is 2. The molecule has 1 aliphatic rings. The summed E-state index contributed by atoms with van der Waals surface area (Å²) in [6.45, 7) is 5.52. The van der Waals surface area contributed by atoms with E-state index < -0.39 is 28.1 Å². The molecule has 1 aliphatic heterocycles. The van der Waals surface area contributed by atoms with Gasteiger partial charge in [-0.15, -0.1) is 0 Å². The smallest absolute Gasteiger partial charge is 0.478 e. The zero-order chi connectivity index (χ0) is 25.7. The number of piperidine rings is 1. The summed E-state index contributed by atoms with van der Waals surface area (Å²) in [6, 6.07) is 11.4. The van der Waals surface area contributed by atoms with E-state index in [1.54, 1.807) is 37.3 Å². The minimum absolute atomic E-state index is 0.106. The first-order valence-corrected chi connectivity index (χ1v) is 11.7. The van der Waals surface area contributed by atoms with Crippen LogP contribution in [0.4, 0.5) is 24.5 Å². The van der Waals surface area contributed by atoms with Crippen molar-refractivity contribution >= 4 is 33.3 Å². The summed E-state index contributed by atoms with van der Waals surface area (Å²) in [4.78, 5) is 22.9. The van der Waals surface area contributed by atoms with Gasteiger partial charge in [-0.3, -0.25) is 4.72 Å². The van der Waals surface area contributed by atoms with Gasteiger partial charge in [0, 0.05) is 18.8 Å². The third-order valence-electron chi connectivity index (χ3n) is 5.23. The van der Waals surface area contributed by atoms with Crippen molar-refractivity contribution in [3.63, 3.8) is 0 Å². The minimum atomic E-state index is -5.08. The van der Waals surface area contributed by atoms with Crippen LogP contribution in [0.1, 0.15) is 35.7 Å². The summed E-state index contributed by atoms with van der Waals surface area (Å²) in [5, 5.41) is 16.8. The topological polar surface area (TPSA) is 124 Å². The number of alkyl halides is 3. The van der Waals surface area contributed by atoms with Gasteiger partial charge >= 0.3 is 18.1 Å². The van der Waals surface area contributed by atoms with E-state index in [0.29, 0.717) is 17.2 Å². The van der Waals surface area contributed by atoms with E-state index in [-0.39, 0.29) is 16.1 Å². The fourth-order valence-corrected chi connectivity index (χ4v) is 4.66. The van der Waals surface area contributed by atoms with Crippen molar-refractivity contribution in [1.29, 1.82) is 0 Å². The van der Waals surface area contributed by atoms with Crippen molar-refractivity contribution < 1.29 is 41.4 Å². The highest BCUT2D eigenvalue weighted by atomic mass is 32.2. The molecule has 0 aromatic heterocycles. The number of hydrogen-bond acceptors (Lipinski definition) is 5. The minimum Gasteiger partial charge on any atom is -0.478 e. The molecule has 1 heterocycles. The van der Waals surface area contributed by atoms with E-state index in [1.165, 1.54) is 12.1 Å². The highest BCUT2D eigenvalue weighted by Gasteiger charge is 2.38. The number of anilines is 2. The van der Waals surface area contributed by atoms with Crippen molar-refractivity contribution in [3.05, 3.63) is 53.6 Å². The van der Waals surface area contributed by atoms with Gasteiger partial charge in [0.05, 0.1) is 16.1 Å². The number of halogens is 3. The molecular weight excluding hydrogens is 477 g/mol. The molecule has 0 unspecified atom stereocenters. The summed E-state index contributed by atoms with van der Waals surface area (Å²) >= 11 is 0. The molecule has 3 N–H and O–H groups in total. The Morgan fingerprint density at radius 2 is 1.62 bits per heavy atom. The summed E-state index contributed by atoms with van der Waals surface area (Å²) in [5.41, 5.74) is 1.61. The second-order valence-corrected chi connectivity index (χ2v) is 9.53. The molecule has 0 bridgehead atoms. The zero-order valence-corrected chi connectivity index (χ0v) is 19.3. The van der Waals surface area contributed by atoms with Crippen LogP contribution in [0.5, 0.6) is 0 Å². The maximum atomic E-state index is 12.7. The van der Waals surface area contributed by atoms with Crippen LogP contribution in [0.25, 0.3) is 0 Å². The average Bonchev–Trinajstić information content (AvgIpc) is 2.74. The molecule has 1 saturated heterocycles. The van der Waals surface area contributed by atoms with E-state index >= 15 is 0 Å². The number of aliphatic carboxylic acids is 1. The number of hydrogen-bond donors (Lipinski definition) is 3. The Labute approximate surface area is 195 Å². The molecule has 12 heteroatoms. The fourth-order valence-electron chi connectivity index (χ4n) is 3.36. The predicted molar refractivity (Wildman–Crippen MR) is 120 cm³/mol. The number of sulfonamides is 1. The number of rotatable bonds is 5. The Bertz CT molecular complexity index is 1140. The zero-order valence-electron chi connectivity index (χ0n) is 18.5. The average molecular weight is 503 g/mol. The van der Waals surface area contributed by atoms with Crippen molar-refractivity contribution in [2.24, 2.45) is 5.92 Å². The van der Waals surface area contributed by atoms with Crippen LogP contribution in [0.2, 0.25) is 0 Å². The lowest BCUT2D eigenvalue weighted by Gasteiger charge is -2.33. The Hall–Kier alpha value is -3.28. The van der Waals surface area contributed by atoms with Gasteiger partial charge in [0.2, 0.25) is 0 Å². The molecule has 3 rings (SSSR count). The van der Waals surface area contributed by atoms with Crippen LogP contribution in [0.15, 0.2) is 47.4 Å². The Kier molecular flexibility index (Phi) is 8.54. The summed E-state index contributed by atoms with van der Waals surface area (Å²) in [5.74, 6) is -3.19. The third kappa shape index (κ3) is 7.11. The van der Waals surface area contributed by atoms with Gasteiger partial charge in [-0.2, -0.15) is 13.2 Å². The van der Waals surface area contributed by atoms with Crippen molar-refractivity contribution in [2.45, 2.75) is 37.8 Å². The van der Waals surface area contributed by atoms with Crippen molar-refractivity contribution in [3.8, 4) is 0 Å². The molecule has 0 saturated carbocycles. The molecule has 0 atom stereocenters. The van der Waals surface area contributed by atoms with Gasteiger partial charge in [-0.05, 0) is 55.5 Å². The number of aromatic carboxylic acids is 1. The van der Waals surface area contributed by atoms with Gasteiger partial charge in [-0.25, -0.2) is 18.0 Å². The van der Waals surface area contributed by atoms with E-state index in [9.17, 15) is 31.5 Å². The Morgan fingerprint density at radius 1 is 1.06 bits per heavy atom. The number of carboxylic acids is 2. The number of nitrogens with one attached hydrogen (secondary N) is 1. The predicted octanol–water partition coefficient (Wildman–Crippen LogP) is 4.36. The van der Waals surface area contributed by atoms with Crippen LogP contribution < -0.4 is 9.62 Å². The second-order valence-electron chi connectivity index (χ2n) is 7.88. The standard InChI is InChI=1S/C20H24N2O4S.C2HF3O2/c1-14-9-11-22(12-10-14)18-8-7-16(13-17(18)20(23)24)21-27(25,26)19-6-4-3-5-15(19)2;3-2(4,5)1(6)7/h3-8,13-14,21H,9-12H2,1-2H3,(H,23,24);(H,6,7). The van der Waals surface area contributed by atoms with Crippen molar-refractivity contribution in [2.75, 3.05) is 22.7 Å². The maximum absolute atomic E-state index is 12.7. The largest absolute Gasteiger partial charge is 0.490 e. The fraction of sp³-hybridized carbons (Fsp3) is 0.364. The maximum Gasteiger partial charge on any atom is 0.490 e. The molecule has 8 nitrogen and oxygen atoms in total. The second kappa shape index (κ2) is 10.8. The number of aryl methyl sites for hydroxylation is 1. The lowest BCUT2D eigenvalue weighted by atomic mass is 9.98. The van der Waals surface area contributed by atoms with Gasteiger partial charge in [0.15, 0.2) is 0 Å². The lowest BCUT2D eigenvalue weighted by Crippen LogP contribution is -2.33. The Balaban J connectivity index is 0.000000509. The molecule has 186 valence electrons. The molecule has 2 aromatic carbocycles. The van der Waals surface area contributed by atoms with Gasteiger partial charge in [0.25, 0.3) is 10.0 Å². The summed E-state index contributed by atoms with van der Waals surface area (Å²) < 4.78 is 59.5. The van der Waals surface area contributed by atoms with E-state index in [1.807, 2.05) is 0 Å². The van der Waals surface area contributed by atoms with Crippen LogP contribution >= 0.6 is 0 Å². The molecule has 0 spiro atoms. The third-order valence-corrected chi connectivity index (χ3v) is 6.77. The molecule has 1 fully saturated rings. The van der Waals surface area contributed by atoms with E-state index in [4.69, 9.17) is 9.90 Å². The molecular formula is C22H25F3N2O6S. The first kappa shape index (κ1) is 27.0. The summed E-state index contributed by atoms with van der Waals surface area (Å²) in [6.07, 6.45) is -3.05. The van der Waals surface area contributed by atoms with Crippen molar-refractivity contribution in [1.82, 2.24) is 0 Å². The van der Waals surface area contributed by atoms with Gasteiger partial charge in [-0.1, -0.05) is 25.1 Å². The Morgan fingerprint density at radius 3 is 2.12 bits per heavy atom. The van der Waals surface area contributed by atoms with Crippen LogP contribution in [0, 0.1) is 12.8 Å². The van der Waals surface area contributed by atoms with Gasteiger partial charge in [0.1, 0.15) is 0 Å².